The Labute approximate surface area is 233 Å². The number of nitrogens with two attached hydrogens (primary N) is 2. The fourth-order valence-electron chi connectivity index (χ4n) is 4.40. The first-order chi connectivity index (χ1) is 19.2. The van der Waals surface area contributed by atoms with Gasteiger partial charge in [-0.2, -0.15) is 0 Å². The third-order valence-electron chi connectivity index (χ3n) is 6.68. The summed E-state index contributed by atoms with van der Waals surface area (Å²) in [6, 6.07) is 12.5. The van der Waals surface area contributed by atoms with Crippen LogP contribution in [-0.2, 0) is 32.0 Å². The largest absolute Gasteiger partial charge is 0.480 e. The Morgan fingerprint density at radius 2 is 1.52 bits per heavy atom. The van der Waals surface area contributed by atoms with E-state index in [1.807, 2.05) is 30.3 Å². The summed E-state index contributed by atoms with van der Waals surface area (Å²) in [6.07, 6.45) is 3.59. The quantitative estimate of drug-likeness (QED) is 0.137. The van der Waals surface area contributed by atoms with Crippen LogP contribution in [0.2, 0.25) is 0 Å². The number of hydrogen-bond donors (Lipinski definition) is 7. The molecule has 0 aliphatic heterocycles. The predicted octanol–water partition coefficient (Wildman–Crippen LogP) is 0.968. The Bertz CT molecular complexity index is 1290. The van der Waals surface area contributed by atoms with Crippen molar-refractivity contribution in [2.45, 2.75) is 63.2 Å². The van der Waals surface area contributed by atoms with E-state index >= 15 is 0 Å². The van der Waals surface area contributed by atoms with E-state index in [1.54, 1.807) is 30.5 Å². The van der Waals surface area contributed by atoms with Gasteiger partial charge in [0.25, 0.3) is 0 Å². The third-order valence-corrected chi connectivity index (χ3v) is 6.68. The maximum atomic E-state index is 13.1. The highest BCUT2D eigenvalue weighted by Gasteiger charge is 2.29. The van der Waals surface area contributed by atoms with Gasteiger partial charge in [0.05, 0.1) is 6.04 Å². The van der Waals surface area contributed by atoms with Gasteiger partial charge < -0.3 is 37.5 Å². The zero-order valence-corrected chi connectivity index (χ0v) is 22.6. The Balaban J connectivity index is 1.60. The standard InChI is InChI=1S/C29H38N6O5/c1-18(33-27(37)22(31)16-20-17-32-23-12-6-5-11-21(20)23)26(36)34-24(13-7-8-14-30)28(38)35-25(29(39)40)15-19-9-3-2-4-10-19/h2-6,9-12,17-18,22,24-25,32H,7-8,13-16,30-31H2,1H3,(H,33,37)(H,34,36)(H,35,38)(H,39,40). The van der Waals surface area contributed by atoms with Gasteiger partial charge in [0.2, 0.25) is 17.7 Å². The molecule has 214 valence electrons. The van der Waals surface area contributed by atoms with E-state index in [1.165, 1.54) is 6.92 Å². The minimum atomic E-state index is -1.19. The Morgan fingerprint density at radius 3 is 2.23 bits per heavy atom. The SMILES string of the molecule is CC(NC(=O)C(N)Cc1c[nH]c2ccccc12)C(=O)NC(CCCCN)C(=O)NC(Cc1ccccc1)C(=O)O. The molecule has 2 aromatic carbocycles. The van der Waals surface area contributed by atoms with Gasteiger partial charge in [-0.15, -0.1) is 0 Å². The number of carboxylic acid groups (broad SMARTS) is 1. The molecule has 1 aromatic heterocycles. The second-order valence-electron chi connectivity index (χ2n) is 9.84. The molecule has 0 fully saturated rings. The summed E-state index contributed by atoms with van der Waals surface area (Å²) in [4.78, 5) is 53.8. The molecule has 0 saturated heterocycles. The number of fused-ring (bicyclic) bond motifs is 1. The molecule has 4 atom stereocenters. The number of nitrogens with one attached hydrogen (secondary N) is 4. The van der Waals surface area contributed by atoms with Crippen LogP contribution in [0.3, 0.4) is 0 Å². The Hall–Kier alpha value is -4.22. The number of hydrogen-bond acceptors (Lipinski definition) is 6. The molecule has 40 heavy (non-hydrogen) atoms. The summed E-state index contributed by atoms with van der Waals surface area (Å²) < 4.78 is 0. The van der Waals surface area contributed by atoms with Gasteiger partial charge in [0.1, 0.15) is 18.1 Å². The number of rotatable bonds is 15. The van der Waals surface area contributed by atoms with E-state index in [2.05, 4.69) is 20.9 Å². The van der Waals surface area contributed by atoms with Gasteiger partial charge in [-0.05, 0) is 56.3 Å². The molecule has 0 spiro atoms. The lowest BCUT2D eigenvalue weighted by atomic mass is 10.0. The summed E-state index contributed by atoms with van der Waals surface area (Å²) >= 11 is 0. The van der Waals surface area contributed by atoms with E-state index in [9.17, 15) is 24.3 Å². The van der Waals surface area contributed by atoms with Crippen LogP contribution in [0.4, 0.5) is 0 Å². The van der Waals surface area contributed by atoms with Crippen molar-refractivity contribution in [2.24, 2.45) is 11.5 Å². The van der Waals surface area contributed by atoms with Crippen molar-refractivity contribution in [3.05, 3.63) is 71.9 Å². The lowest BCUT2D eigenvalue weighted by molar-refractivity contribution is -0.142. The van der Waals surface area contributed by atoms with Crippen LogP contribution < -0.4 is 27.4 Å². The molecule has 11 nitrogen and oxygen atoms in total. The zero-order valence-electron chi connectivity index (χ0n) is 22.6. The van der Waals surface area contributed by atoms with Crippen LogP contribution in [0.25, 0.3) is 10.9 Å². The second kappa shape index (κ2) is 14.8. The molecule has 0 bridgehead atoms. The molecule has 1 heterocycles. The highest BCUT2D eigenvalue weighted by atomic mass is 16.4. The number of aromatic nitrogens is 1. The van der Waals surface area contributed by atoms with E-state index in [4.69, 9.17) is 11.5 Å². The number of amides is 3. The van der Waals surface area contributed by atoms with Crippen LogP contribution in [0, 0.1) is 0 Å². The molecule has 0 radical (unpaired) electrons. The summed E-state index contributed by atoms with van der Waals surface area (Å²) in [5.41, 5.74) is 14.3. The number of benzene rings is 2. The fraction of sp³-hybridized carbons (Fsp3) is 0.379. The molecule has 3 amide bonds. The van der Waals surface area contributed by atoms with Crippen molar-refractivity contribution in [1.29, 1.82) is 0 Å². The highest BCUT2D eigenvalue weighted by Crippen LogP contribution is 2.18. The number of aromatic amines is 1. The molecule has 0 aliphatic rings. The molecular formula is C29H38N6O5. The molecule has 0 aliphatic carbocycles. The summed E-state index contributed by atoms with van der Waals surface area (Å²) in [5, 5.41) is 18.4. The van der Waals surface area contributed by atoms with Gasteiger partial charge in [0.15, 0.2) is 0 Å². The number of unbranched alkanes of at least 4 members (excludes halogenated alkanes) is 1. The number of H-pyrrole nitrogens is 1. The molecule has 0 saturated carbocycles. The molecular weight excluding hydrogens is 512 g/mol. The summed E-state index contributed by atoms with van der Waals surface area (Å²) in [7, 11) is 0. The van der Waals surface area contributed by atoms with Crippen molar-refractivity contribution in [2.75, 3.05) is 6.54 Å². The molecule has 4 unspecified atom stereocenters. The van der Waals surface area contributed by atoms with E-state index in [-0.39, 0.29) is 19.3 Å². The molecule has 3 aromatic rings. The first-order valence-electron chi connectivity index (χ1n) is 13.4. The van der Waals surface area contributed by atoms with E-state index < -0.39 is 47.9 Å². The van der Waals surface area contributed by atoms with Crippen LogP contribution in [-0.4, -0.2) is 64.5 Å². The van der Waals surface area contributed by atoms with Gasteiger partial charge >= 0.3 is 5.97 Å². The van der Waals surface area contributed by atoms with Gasteiger partial charge in [-0.1, -0.05) is 48.5 Å². The minimum absolute atomic E-state index is 0.0894. The van der Waals surface area contributed by atoms with Crippen LogP contribution in [0.15, 0.2) is 60.8 Å². The lowest BCUT2D eigenvalue weighted by Crippen LogP contribution is -2.56. The smallest absolute Gasteiger partial charge is 0.326 e. The number of aliphatic carboxylic acids is 1. The highest BCUT2D eigenvalue weighted by molar-refractivity contribution is 5.94. The average molecular weight is 551 g/mol. The molecule has 11 heteroatoms. The normalized spacial score (nSPS) is 14.1. The van der Waals surface area contributed by atoms with Gasteiger partial charge in [-0.25, -0.2) is 4.79 Å². The molecule has 9 N–H and O–H groups in total. The Kier molecular flexibility index (Phi) is 11.2. The van der Waals surface area contributed by atoms with Crippen molar-refractivity contribution in [3.63, 3.8) is 0 Å². The molecule has 3 rings (SSSR count). The summed E-state index contributed by atoms with van der Waals surface area (Å²) in [6.45, 7) is 1.91. The fourth-order valence-corrected chi connectivity index (χ4v) is 4.40. The maximum absolute atomic E-state index is 13.1. The minimum Gasteiger partial charge on any atom is -0.480 e. The van der Waals surface area contributed by atoms with E-state index in [0.717, 1.165) is 22.0 Å². The number of carbonyl (C=O) groups excluding carboxylic acids is 3. The van der Waals surface area contributed by atoms with Gasteiger partial charge in [-0.3, -0.25) is 14.4 Å². The zero-order chi connectivity index (χ0) is 29.1. The first-order valence-corrected chi connectivity index (χ1v) is 13.4. The van der Waals surface area contributed by atoms with Crippen molar-refractivity contribution < 1.29 is 24.3 Å². The summed E-state index contributed by atoms with van der Waals surface area (Å²) in [5.74, 6) is -2.90. The number of para-hydroxylation sites is 1. The van der Waals surface area contributed by atoms with Crippen LogP contribution in [0.5, 0.6) is 0 Å². The van der Waals surface area contributed by atoms with Gasteiger partial charge in [0, 0.05) is 23.5 Å². The topological polar surface area (TPSA) is 192 Å². The van der Waals surface area contributed by atoms with Crippen molar-refractivity contribution in [1.82, 2.24) is 20.9 Å². The van der Waals surface area contributed by atoms with Crippen molar-refractivity contribution >= 4 is 34.6 Å². The first kappa shape index (κ1) is 30.3. The average Bonchev–Trinajstić information content (AvgIpc) is 3.35. The van der Waals surface area contributed by atoms with Crippen molar-refractivity contribution in [3.8, 4) is 0 Å². The lowest BCUT2D eigenvalue weighted by Gasteiger charge is -2.24. The Morgan fingerprint density at radius 1 is 0.850 bits per heavy atom. The predicted molar refractivity (Wildman–Crippen MR) is 152 cm³/mol. The monoisotopic (exact) mass is 550 g/mol. The van der Waals surface area contributed by atoms with Crippen LogP contribution in [0.1, 0.15) is 37.3 Å². The second-order valence-corrected chi connectivity index (χ2v) is 9.84. The third kappa shape index (κ3) is 8.65. The van der Waals surface area contributed by atoms with E-state index in [0.29, 0.717) is 19.4 Å². The number of carboxylic acids is 1. The number of carbonyl (C=O) groups is 4. The maximum Gasteiger partial charge on any atom is 0.326 e. The van der Waals surface area contributed by atoms with Crippen LogP contribution >= 0.6 is 0 Å².